The SMILES string of the molecule is COc1ccc(F)c(F)c1-c1cc2c(cc1Cl)n(CC1CN(C(=O)OC(C)(C)C)C1)c(=O)c(=O)n2-c1c(C)cccc1C(C)C. The first-order valence-electron chi connectivity index (χ1n) is 14.7. The minimum absolute atomic E-state index is 0.00868. The largest absolute Gasteiger partial charge is 0.496 e. The average Bonchev–Trinajstić information content (AvgIpc) is 2.93. The molecule has 1 aliphatic rings. The van der Waals surface area contributed by atoms with Crippen molar-refractivity contribution >= 4 is 28.7 Å². The van der Waals surface area contributed by atoms with Crippen molar-refractivity contribution in [1.29, 1.82) is 0 Å². The highest BCUT2D eigenvalue weighted by molar-refractivity contribution is 6.34. The summed E-state index contributed by atoms with van der Waals surface area (Å²) in [5.41, 5.74) is 0.388. The van der Waals surface area contributed by atoms with Gasteiger partial charge in [0.15, 0.2) is 11.6 Å². The number of para-hydroxylation sites is 1. The highest BCUT2D eigenvalue weighted by atomic mass is 35.5. The number of aromatic nitrogens is 2. The number of methoxy groups -OCH3 is 1. The smallest absolute Gasteiger partial charge is 0.410 e. The number of hydrogen-bond donors (Lipinski definition) is 0. The molecule has 3 aromatic carbocycles. The van der Waals surface area contributed by atoms with E-state index in [1.165, 1.54) is 39.3 Å². The Bertz CT molecular complexity index is 1940. The Labute approximate surface area is 264 Å². The van der Waals surface area contributed by atoms with Crippen LogP contribution in [0.3, 0.4) is 0 Å². The second-order valence-electron chi connectivity index (χ2n) is 12.7. The molecule has 45 heavy (non-hydrogen) atoms. The number of hydrogen-bond acceptors (Lipinski definition) is 5. The van der Waals surface area contributed by atoms with E-state index in [0.29, 0.717) is 24.3 Å². The van der Waals surface area contributed by atoms with Gasteiger partial charge in [-0.3, -0.25) is 14.2 Å². The molecule has 1 aliphatic heterocycles. The highest BCUT2D eigenvalue weighted by Gasteiger charge is 2.35. The Balaban J connectivity index is 1.75. The molecule has 0 spiro atoms. The van der Waals surface area contributed by atoms with E-state index >= 15 is 4.39 Å². The number of rotatable bonds is 6. The molecule has 5 rings (SSSR count). The number of aryl methyl sites for hydroxylation is 1. The van der Waals surface area contributed by atoms with Crippen molar-refractivity contribution in [3.63, 3.8) is 0 Å². The number of ether oxygens (including phenoxy) is 2. The van der Waals surface area contributed by atoms with E-state index in [9.17, 15) is 18.8 Å². The van der Waals surface area contributed by atoms with Crippen molar-refractivity contribution in [2.45, 2.75) is 59.6 Å². The van der Waals surface area contributed by atoms with Gasteiger partial charge in [0.2, 0.25) is 0 Å². The predicted molar refractivity (Wildman–Crippen MR) is 171 cm³/mol. The predicted octanol–water partition coefficient (Wildman–Crippen LogP) is 7.06. The molecule has 238 valence electrons. The van der Waals surface area contributed by atoms with Gasteiger partial charge >= 0.3 is 17.2 Å². The monoisotopic (exact) mass is 639 g/mol. The Kier molecular flexibility index (Phi) is 8.57. The maximum Gasteiger partial charge on any atom is 0.410 e. The molecule has 8 nitrogen and oxygen atoms in total. The summed E-state index contributed by atoms with van der Waals surface area (Å²) in [5, 5.41) is 0.0292. The van der Waals surface area contributed by atoms with Crippen LogP contribution in [0, 0.1) is 24.5 Å². The quantitative estimate of drug-likeness (QED) is 0.211. The van der Waals surface area contributed by atoms with E-state index in [1.54, 1.807) is 20.8 Å². The Morgan fingerprint density at radius 1 is 1.04 bits per heavy atom. The number of carbonyl (C=O) groups is 1. The van der Waals surface area contributed by atoms with Gasteiger partial charge in [0, 0.05) is 31.1 Å². The lowest BCUT2D eigenvalue weighted by molar-refractivity contribution is -0.00331. The van der Waals surface area contributed by atoms with E-state index in [1.807, 2.05) is 39.0 Å². The summed E-state index contributed by atoms with van der Waals surface area (Å²) >= 11 is 6.76. The number of benzene rings is 3. The molecule has 1 aromatic heterocycles. The third-order valence-electron chi connectivity index (χ3n) is 7.94. The third-order valence-corrected chi connectivity index (χ3v) is 8.25. The van der Waals surface area contributed by atoms with E-state index in [0.717, 1.165) is 17.2 Å². The summed E-state index contributed by atoms with van der Waals surface area (Å²) in [7, 11) is 1.33. The number of likely N-dealkylation sites (tertiary alicyclic amines) is 1. The molecule has 0 radical (unpaired) electrons. The lowest BCUT2D eigenvalue weighted by atomic mass is 9.97. The molecule has 0 saturated carbocycles. The van der Waals surface area contributed by atoms with Gasteiger partial charge < -0.3 is 18.9 Å². The van der Waals surface area contributed by atoms with Crippen LogP contribution in [0.5, 0.6) is 5.75 Å². The first-order chi connectivity index (χ1) is 21.1. The average molecular weight is 640 g/mol. The molecule has 0 N–H and O–H groups in total. The topological polar surface area (TPSA) is 82.8 Å². The summed E-state index contributed by atoms with van der Waals surface area (Å²) in [6.07, 6.45) is -0.453. The second-order valence-corrected chi connectivity index (χ2v) is 13.1. The number of amides is 1. The van der Waals surface area contributed by atoms with E-state index in [-0.39, 0.29) is 45.8 Å². The lowest BCUT2D eigenvalue weighted by Crippen LogP contribution is -2.54. The fourth-order valence-electron chi connectivity index (χ4n) is 5.80. The van der Waals surface area contributed by atoms with Gasteiger partial charge in [-0.15, -0.1) is 0 Å². The Morgan fingerprint density at radius 3 is 2.36 bits per heavy atom. The van der Waals surface area contributed by atoms with Gasteiger partial charge in [-0.1, -0.05) is 43.6 Å². The zero-order valence-corrected chi connectivity index (χ0v) is 27.1. The fraction of sp³-hybridized carbons (Fsp3) is 0.382. The van der Waals surface area contributed by atoms with Crippen molar-refractivity contribution in [2.24, 2.45) is 5.92 Å². The molecule has 1 saturated heterocycles. The van der Waals surface area contributed by atoms with Gasteiger partial charge in [-0.2, -0.15) is 0 Å². The standard InChI is InChI=1S/C34H36ClF2N3O5/c1-18(2)21-10-8-9-19(3)30(21)40-26-13-22(28-27(44-7)12-11-24(36)29(28)37)23(35)14-25(26)39(31(41)32(40)42)17-20-15-38(16-20)33(43)45-34(4,5)6/h8-14,18,20H,15-17H2,1-7H3. The number of carbonyl (C=O) groups excluding carboxylic acids is 1. The van der Waals surface area contributed by atoms with Crippen LogP contribution in [-0.4, -0.2) is 45.9 Å². The molecule has 0 atom stereocenters. The maximum absolute atomic E-state index is 15.3. The number of halogens is 3. The summed E-state index contributed by atoms with van der Waals surface area (Å²) < 4.78 is 43.4. The van der Waals surface area contributed by atoms with Crippen LogP contribution in [0.15, 0.2) is 52.1 Å². The van der Waals surface area contributed by atoms with Crippen LogP contribution in [0.4, 0.5) is 13.6 Å². The van der Waals surface area contributed by atoms with Gasteiger partial charge in [0.1, 0.15) is 11.4 Å². The lowest BCUT2D eigenvalue weighted by Gasteiger charge is -2.40. The second kappa shape index (κ2) is 12.0. The summed E-state index contributed by atoms with van der Waals surface area (Å²) in [5.74, 6) is -2.35. The minimum Gasteiger partial charge on any atom is -0.496 e. The van der Waals surface area contributed by atoms with Gasteiger partial charge in [0.05, 0.1) is 34.4 Å². The zero-order chi connectivity index (χ0) is 33.0. The van der Waals surface area contributed by atoms with Gasteiger partial charge in [0.25, 0.3) is 0 Å². The van der Waals surface area contributed by atoms with Crippen LogP contribution in [-0.2, 0) is 11.3 Å². The summed E-state index contributed by atoms with van der Waals surface area (Å²) in [6.45, 7) is 11.9. The zero-order valence-electron chi connectivity index (χ0n) is 26.3. The van der Waals surface area contributed by atoms with Crippen molar-refractivity contribution in [1.82, 2.24) is 14.0 Å². The van der Waals surface area contributed by atoms with Crippen LogP contribution in [0.1, 0.15) is 51.7 Å². The molecule has 0 unspecified atom stereocenters. The molecular weight excluding hydrogens is 604 g/mol. The molecule has 11 heteroatoms. The van der Waals surface area contributed by atoms with Crippen molar-refractivity contribution in [3.8, 4) is 22.6 Å². The molecule has 0 bridgehead atoms. The summed E-state index contributed by atoms with van der Waals surface area (Å²) in [6, 6.07) is 10.9. The molecule has 2 heterocycles. The van der Waals surface area contributed by atoms with Crippen molar-refractivity contribution < 1.29 is 23.0 Å². The molecule has 1 amide bonds. The fourth-order valence-corrected chi connectivity index (χ4v) is 6.05. The Morgan fingerprint density at radius 2 is 1.73 bits per heavy atom. The molecule has 0 aliphatic carbocycles. The Hall–Kier alpha value is -4.18. The first kappa shape index (κ1) is 32.2. The van der Waals surface area contributed by atoms with E-state index < -0.39 is 34.4 Å². The van der Waals surface area contributed by atoms with E-state index in [4.69, 9.17) is 21.1 Å². The van der Waals surface area contributed by atoms with Gasteiger partial charge in [-0.05, 0) is 69.0 Å². The maximum atomic E-state index is 15.3. The third kappa shape index (κ3) is 5.95. The number of fused-ring (bicyclic) bond motifs is 1. The molecule has 4 aromatic rings. The number of nitrogens with zero attached hydrogens (tertiary/aromatic N) is 3. The van der Waals surface area contributed by atoms with Crippen LogP contribution in [0.25, 0.3) is 27.8 Å². The molecule has 1 fully saturated rings. The summed E-state index contributed by atoms with van der Waals surface area (Å²) in [4.78, 5) is 42.0. The van der Waals surface area contributed by atoms with Crippen molar-refractivity contribution in [2.75, 3.05) is 20.2 Å². The first-order valence-corrected chi connectivity index (χ1v) is 15.1. The van der Waals surface area contributed by atoms with Gasteiger partial charge in [-0.25, -0.2) is 13.6 Å². The van der Waals surface area contributed by atoms with Crippen LogP contribution >= 0.6 is 11.6 Å². The van der Waals surface area contributed by atoms with Crippen LogP contribution in [0.2, 0.25) is 5.02 Å². The minimum atomic E-state index is -1.16. The highest BCUT2D eigenvalue weighted by Crippen LogP contribution is 2.40. The van der Waals surface area contributed by atoms with Crippen molar-refractivity contribution in [3.05, 3.63) is 91.0 Å². The van der Waals surface area contributed by atoms with E-state index in [2.05, 4.69) is 0 Å². The molecular formula is C34H36ClF2N3O5. The normalized spacial score (nSPS) is 13.8. The van der Waals surface area contributed by atoms with Crippen LogP contribution < -0.4 is 15.9 Å².